The average Bonchev–Trinajstić information content (AvgIpc) is 2.40. The maximum atomic E-state index is 6.20. The van der Waals surface area contributed by atoms with Gasteiger partial charge < -0.3 is 10.2 Å². The highest BCUT2D eigenvalue weighted by molar-refractivity contribution is 8.00. The van der Waals surface area contributed by atoms with Crippen molar-refractivity contribution in [1.82, 2.24) is 5.32 Å². The summed E-state index contributed by atoms with van der Waals surface area (Å²) in [6.07, 6.45) is 0. The molecule has 1 aliphatic heterocycles. The van der Waals surface area contributed by atoms with Crippen molar-refractivity contribution in [2.75, 3.05) is 30.3 Å². The van der Waals surface area contributed by atoms with Crippen LogP contribution in [-0.2, 0) is 6.54 Å². The van der Waals surface area contributed by atoms with Crippen LogP contribution in [0.15, 0.2) is 18.2 Å². The number of hydrogen-bond acceptors (Lipinski definition) is 3. The first-order valence-electron chi connectivity index (χ1n) is 7.42. The first-order chi connectivity index (χ1) is 9.56. The number of thioether (sulfide) groups is 1. The molecule has 1 fully saturated rings. The Hall–Kier alpha value is -0.380. The monoisotopic (exact) mass is 312 g/mol. The van der Waals surface area contributed by atoms with Gasteiger partial charge in [-0.2, -0.15) is 11.8 Å². The highest BCUT2D eigenvalue weighted by atomic mass is 35.5. The summed E-state index contributed by atoms with van der Waals surface area (Å²) in [7, 11) is 0. The number of benzene rings is 1. The second-order valence-corrected chi connectivity index (χ2v) is 7.91. The van der Waals surface area contributed by atoms with E-state index in [0.717, 1.165) is 31.2 Å². The van der Waals surface area contributed by atoms with Gasteiger partial charge in [0.05, 0.1) is 0 Å². The lowest BCUT2D eigenvalue weighted by atomic mass is 10.1. The maximum Gasteiger partial charge on any atom is 0.0427 e. The van der Waals surface area contributed by atoms with Crippen molar-refractivity contribution in [1.29, 1.82) is 0 Å². The molecule has 1 aromatic rings. The molecule has 0 radical (unpaired) electrons. The third-order valence-electron chi connectivity index (χ3n) is 3.50. The summed E-state index contributed by atoms with van der Waals surface area (Å²) in [5.41, 5.74) is 2.66. The molecule has 1 aromatic carbocycles. The Bertz CT molecular complexity index is 436. The number of nitrogens with zero attached hydrogens (tertiary/aromatic N) is 1. The molecule has 4 heteroatoms. The van der Waals surface area contributed by atoms with E-state index in [-0.39, 0.29) is 0 Å². The van der Waals surface area contributed by atoms with E-state index in [1.165, 1.54) is 17.0 Å². The number of anilines is 1. The summed E-state index contributed by atoms with van der Waals surface area (Å²) in [6.45, 7) is 11.0. The van der Waals surface area contributed by atoms with Crippen LogP contribution in [0.5, 0.6) is 0 Å². The fourth-order valence-corrected chi connectivity index (χ4v) is 3.69. The second-order valence-electron chi connectivity index (χ2n) is 5.93. The Morgan fingerprint density at radius 2 is 2.25 bits per heavy atom. The molecule has 0 saturated carbocycles. The predicted molar refractivity (Wildman–Crippen MR) is 92.1 cm³/mol. The molecule has 2 rings (SSSR count). The number of rotatable bonds is 5. The van der Waals surface area contributed by atoms with E-state index in [1.54, 1.807) is 0 Å². The molecule has 1 aliphatic rings. The van der Waals surface area contributed by atoms with Crippen LogP contribution in [-0.4, -0.2) is 30.6 Å². The maximum absolute atomic E-state index is 6.20. The van der Waals surface area contributed by atoms with E-state index in [1.807, 2.05) is 6.07 Å². The van der Waals surface area contributed by atoms with Crippen LogP contribution in [0.3, 0.4) is 0 Å². The van der Waals surface area contributed by atoms with Gasteiger partial charge in [-0.05, 0) is 30.2 Å². The minimum atomic E-state index is 0.678. The van der Waals surface area contributed by atoms with Crippen molar-refractivity contribution >= 4 is 29.1 Å². The third kappa shape index (κ3) is 4.57. The van der Waals surface area contributed by atoms with Crippen LogP contribution in [0.2, 0.25) is 5.02 Å². The summed E-state index contributed by atoms with van der Waals surface area (Å²) in [5.74, 6) is 1.88. The zero-order valence-corrected chi connectivity index (χ0v) is 14.2. The molecule has 1 unspecified atom stereocenters. The van der Waals surface area contributed by atoms with Crippen LogP contribution >= 0.6 is 23.4 Å². The minimum absolute atomic E-state index is 0.678. The molecule has 0 aromatic heterocycles. The zero-order valence-electron chi connectivity index (χ0n) is 12.7. The molecule has 1 N–H and O–H groups in total. The molecule has 0 spiro atoms. The van der Waals surface area contributed by atoms with Crippen LogP contribution in [0, 0.1) is 5.92 Å². The molecule has 1 atom stereocenters. The standard InChI is InChI=1S/C16H25ClN2S/c1-12(2)9-18-10-14-4-5-15(17)8-16(14)19-6-7-20-13(3)11-19/h4-5,8,12-13,18H,6-7,9-11H2,1-3H3. The largest absolute Gasteiger partial charge is 0.369 e. The van der Waals surface area contributed by atoms with Gasteiger partial charge in [0.1, 0.15) is 0 Å². The normalized spacial score (nSPS) is 19.6. The van der Waals surface area contributed by atoms with Gasteiger partial charge in [0.15, 0.2) is 0 Å². The summed E-state index contributed by atoms with van der Waals surface area (Å²) in [6, 6.07) is 6.29. The van der Waals surface area contributed by atoms with E-state index in [2.05, 4.69) is 54.9 Å². The van der Waals surface area contributed by atoms with Crippen LogP contribution in [0.1, 0.15) is 26.3 Å². The van der Waals surface area contributed by atoms with E-state index < -0.39 is 0 Å². The number of nitrogens with one attached hydrogen (secondary N) is 1. The van der Waals surface area contributed by atoms with Gasteiger partial charge >= 0.3 is 0 Å². The van der Waals surface area contributed by atoms with Crippen LogP contribution in [0.4, 0.5) is 5.69 Å². The van der Waals surface area contributed by atoms with Crippen molar-refractivity contribution in [2.45, 2.75) is 32.6 Å². The fraction of sp³-hybridized carbons (Fsp3) is 0.625. The van der Waals surface area contributed by atoms with Crippen molar-refractivity contribution < 1.29 is 0 Å². The third-order valence-corrected chi connectivity index (χ3v) is 4.87. The van der Waals surface area contributed by atoms with Crippen LogP contribution in [0.25, 0.3) is 0 Å². The van der Waals surface area contributed by atoms with E-state index in [0.29, 0.717) is 11.2 Å². The lowest BCUT2D eigenvalue weighted by Crippen LogP contribution is -2.37. The topological polar surface area (TPSA) is 15.3 Å². The molecule has 0 aliphatic carbocycles. The molecule has 1 saturated heterocycles. The Kier molecular flexibility index (Phi) is 6.06. The first kappa shape index (κ1) is 16.0. The Labute approximate surface area is 132 Å². The van der Waals surface area contributed by atoms with E-state index >= 15 is 0 Å². The SMILES string of the molecule is CC(C)CNCc1ccc(Cl)cc1N1CCSC(C)C1. The van der Waals surface area contributed by atoms with Crippen molar-refractivity contribution in [3.05, 3.63) is 28.8 Å². The zero-order chi connectivity index (χ0) is 14.5. The first-order valence-corrected chi connectivity index (χ1v) is 8.84. The smallest absolute Gasteiger partial charge is 0.0427 e. The molecule has 1 heterocycles. The van der Waals surface area contributed by atoms with Gasteiger partial charge in [-0.1, -0.05) is 38.4 Å². The fourth-order valence-electron chi connectivity index (χ4n) is 2.51. The highest BCUT2D eigenvalue weighted by Crippen LogP contribution is 2.29. The average molecular weight is 313 g/mol. The highest BCUT2D eigenvalue weighted by Gasteiger charge is 2.19. The van der Waals surface area contributed by atoms with Gasteiger partial charge in [0, 0.05) is 41.3 Å². The Morgan fingerprint density at radius 3 is 2.95 bits per heavy atom. The molecular formula is C16H25ClN2S. The minimum Gasteiger partial charge on any atom is -0.369 e. The lowest BCUT2D eigenvalue weighted by Gasteiger charge is -2.34. The van der Waals surface area contributed by atoms with Gasteiger partial charge in [0.25, 0.3) is 0 Å². The molecule has 0 bridgehead atoms. The number of halogens is 1. The van der Waals surface area contributed by atoms with Gasteiger partial charge in [0.2, 0.25) is 0 Å². The van der Waals surface area contributed by atoms with Crippen LogP contribution < -0.4 is 10.2 Å². The molecule has 112 valence electrons. The summed E-state index contributed by atoms with van der Waals surface area (Å²) in [5, 5.41) is 5.06. The number of hydrogen-bond donors (Lipinski definition) is 1. The van der Waals surface area contributed by atoms with Crippen molar-refractivity contribution in [2.24, 2.45) is 5.92 Å². The molecular weight excluding hydrogens is 288 g/mol. The second kappa shape index (κ2) is 7.58. The summed E-state index contributed by atoms with van der Waals surface area (Å²) in [4.78, 5) is 2.49. The molecule has 2 nitrogen and oxygen atoms in total. The predicted octanol–water partition coefficient (Wildman–Crippen LogP) is 4.03. The van der Waals surface area contributed by atoms with Gasteiger partial charge in [-0.15, -0.1) is 0 Å². The molecule has 20 heavy (non-hydrogen) atoms. The van der Waals surface area contributed by atoms with Crippen molar-refractivity contribution in [3.8, 4) is 0 Å². The van der Waals surface area contributed by atoms with E-state index in [4.69, 9.17) is 11.6 Å². The van der Waals surface area contributed by atoms with Gasteiger partial charge in [-0.25, -0.2) is 0 Å². The van der Waals surface area contributed by atoms with Crippen molar-refractivity contribution in [3.63, 3.8) is 0 Å². The lowest BCUT2D eigenvalue weighted by molar-refractivity contribution is 0.552. The quantitative estimate of drug-likeness (QED) is 0.884. The Morgan fingerprint density at radius 1 is 1.45 bits per heavy atom. The summed E-state index contributed by atoms with van der Waals surface area (Å²) < 4.78 is 0. The van der Waals surface area contributed by atoms with Gasteiger partial charge in [-0.3, -0.25) is 0 Å². The summed E-state index contributed by atoms with van der Waals surface area (Å²) >= 11 is 8.26. The molecule has 0 amide bonds. The van der Waals surface area contributed by atoms with E-state index in [9.17, 15) is 0 Å². The Balaban J connectivity index is 2.10.